The molecule has 1 N–H and O–H groups in total. The van der Waals surface area contributed by atoms with E-state index in [2.05, 4.69) is 15.5 Å². The zero-order valence-electron chi connectivity index (χ0n) is 11.6. The molecule has 5 nitrogen and oxygen atoms in total. The van der Waals surface area contributed by atoms with Gasteiger partial charge in [0.1, 0.15) is 5.82 Å². The second-order valence-electron chi connectivity index (χ2n) is 4.32. The topological polar surface area (TPSA) is 47.7 Å². The van der Waals surface area contributed by atoms with Crippen LogP contribution in [0.15, 0.2) is 6.07 Å². The van der Waals surface area contributed by atoms with Gasteiger partial charge in [-0.05, 0) is 20.8 Å². The Bertz CT molecular complexity index is 561. The summed E-state index contributed by atoms with van der Waals surface area (Å²) in [5, 5.41) is 11.6. The van der Waals surface area contributed by atoms with Gasteiger partial charge in [-0.1, -0.05) is 0 Å². The molecule has 0 bridgehead atoms. The lowest BCUT2D eigenvalue weighted by atomic mass is 10.2. The molecule has 0 spiro atoms. The van der Waals surface area contributed by atoms with Gasteiger partial charge >= 0.3 is 0 Å². The molecule has 0 aliphatic carbocycles. The number of hydrogen-bond acceptors (Lipinski definition) is 3. The van der Waals surface area contributed by atoms with Crippen molar-refractivity contribution in [3.63, 3.8) is 0 Å². The minimum atomic E-state index is -0.263. The van der Waals surface area contributed by atoms with Crippen LogP contribution >= 0.6 is 12.4 Å². The van der Waals surface area contributed by atoms with Gasteiger partial charge in [-0.2, -0.15) is 14.6 Å². The van der Waals surface area contributed by atoms with Crippen LogP contribution < -0.4 is 5.32 Å². The highest BCUT2D eigenvalue weighted by Crippen LogP contribution is 2.15. The van der Waals surface area contributed by atoms with E-state index < -0.39 is 0 Å². The Morgan fingerprint density at radius 3 is 2.47 bits per heavy atom. The van der Waals surface area contributed by atoms with Gasteiger partial charge < -0.3 is 5.32 Å². The summed E-state index contributed by atoms with van der Waals surface area (Å²) >= 11 is 0. The minimum absolute atomic E-state index is 0. The fourth-order valence-corrected chi connectivity index (χ4v) is 1.96. The van der Waals surface area contributed by atoms with E-state index in [1.807, 2.05) is 33.9 Å². The van der Waals surface area contributed by atoms with Gasteiger partial charge in [0.15, 0.2) is 0 Å². The van der Waals surface area contributed by atoms with Gasteiger partial charge in [0, 0.05) is 31.8 Å². The summed E-state index contributed by atoms with van der Waals surface area (Å²) in [6.07, 6.45) is 0. The van der Waals surface area contributed by atoms with E-state index in [1.54, 1.807) is 4.68 Å². The molecule has 0 amide bonds. The Morgan fingerprint density at radius 1 is 1.32 bits per heavy atom. The van der Waals surface area contributed by atoms with Gasteiger partial charge in [0.25, 0.3) is 0 Å². The minimum Gasteiger partial charge on any atom is -0.366 e. The first-order valence-electron chi connectivity index (χ1n) is 5.99. The molecule has 0 saturated heterocycles. The largest absolute Gasteiger partial charge is 0.366 e. The van der Waals surface area contributed by atoms with Crippen LogP contribution in [0.1, 0.15) is 23.9 Å². The molecule has 0 atom stereocenters. The maximum absolute atomic E-state index is 13.9. The molecular formula is C12H19ClFN5. The van der Waals surface area contributed by atoms with Gasteiger partial charge in [0.2, 0.25) is 5.95 Å². The van der Waals surface area contributed by atoms with Crippen LogP contribution in [0.4, 0.5) is 10.2 Å². The first kappa shape index (κ1) is 15.5. The second kappa shape index (κ2) is 6.06. The number of nitrogens with one attached hydrogen (secondary N) is 1. The van der Waals surface area contributed by atoms with Crippen molar-refractivity contribution >= 4 is 18.2 Å². The van der Waals surface area contributed by atoms with E-state index in [0.29, 0.717) is 18.7 Å². The predicted molar refractivity (Wildman–Crippen MR) is 75.1 cm³/mol. The highest BCUT2D eigenvalue weighted by atomic mass is 35.5. The quantitative estimate of drug-likeness (QED) is 0.939. The normalized spacial score (nSPS) is 10.4. The van der Waals surface area contributed by atoms with Gasteiger partial charge in [-0.25, -0.2) is 4.68 Å². The maximum Gasteiger partial charge on any atom is 0.216 e. The van der Waals surface area contributed by atoms with Crippen LogP contribution in [0.3, 0.4) is 0 Å². The predicted octanol–water partition coefficient (Wildman–Crippen LogP) is 2.43. The van der Waals surface area contributed by atoms with Crippen molar-refractivity contribution in [1.29, 1.82) is 0 Å². The van der Waals surface area contributed by atoms with E-state index in [-0.39, 0.29) is 18.4 Å². The highest BCUT2D eigenvalue weighted by molar-refractivity contribution is 5.85. The van der Waals surface area contributed by atoms with Crippen molar-refractivity contribution in [2.24, 2.45) is 7.05 Å². The standard InChI is InChI=1S/C12H18FN5.ClH/c1-5-18-12(13)10(9(3)16-18)7-14-11-6-8(2)15-17(11)4;/h6,14H,5,7H2,1-4H3;1H. The van der Waals surface area contributed by atoms with Gasteiger partial charge in [0.05, 0.1) is 11.4 Å². The Morgan fingerprint density at radius 2 is 2.00 bits per heavy atom. The molecule has 2 rings (SSSR count). The summed E-state index contributed by atoms with van der Waals surface area (Å²) < 4.78 is 17.1. The zero-order valence-corrected chi connectivity index (χ0v) is 12.4. The molecule has 2 aromatic heterocycles. The van der Waals surface area contributed by atoms with Crippen molar-refractivity contribution < 1.29 is 4.39 Å². The molecule has 0 unspecified atom stereocenters. The molecule has 19 heavy (non-hydrogen) atoms. The molecule has 106 valence electrons. The highest BCUT2D eigenvalue weighted by Gasteiger charge is 2.14. The summed E-state index contributed by atoms with van der Waals surface area (Å²) in [7, 11) is 1.86. The third-order valence-corrected chi connectivity index (χ3v) is 2.93. The molecule has 0 aliphatic heterocycles. The third kappa shape index (κ3) is 3.07. The average molecular weight is 288 g/mol. The van der Waals surface area contributed by atoms with Crippen LogP contribution in [-0.2, 0) is 20.1 Å². The van der Waals surface area contributed by atoms with E-state index in [9.17, 15) is 4.39 Å². The number of hydrogen-bond donors (Lipinski definition) is 1. The van der Waals surface area contributed by atoms with Crippen LogP contribution in [0.25, 0.3) is 0 Å². The fraction of sp³-hybridized carbons (Fsp3) is 0.500. The summed E-state index contributed by atoms with van der Waals surface area (Å²) in [6.45, 7) is 6.57. The lowest BCUT2D eigenvalue weighted by molar-refractivity contribution is 0.464. The van der Waals surface area contributed by atoms with Crippen molar-refractivity contribution in [3.05, 3.63) is 29.0 Å². The molecule has 0 aromatic carbocycles. The zero-order chi connectivity index (χ0) is 13.3. The number of rotatable bonds is 4. The first-order valence-corrected chi connectivity index (χ1v) is 5.99. The Balaban J connectivity index is 0.00000180. The van der Waals surface area contributed by atoms with E-state index in [0.717, 1.165) is 17.2 Å². The molecule has 0 radical (unpaired) electrons. The summed E-state index contributed by atoms with van der Waals surface area (Å²) in [6, 6.07) is 1.93. The van der Waals surface area contributed by atoms with E-state index in [4.69, 9.17) is 0 Å². The van der Waals surface area contributed by atoms with Crippen molar-refractivity contribution in [1.82, 2.24) is 19.6 Å². The number of anilines is 1. The lowest BCUT2D eigenvalue weighted by Gasteiger charge is -2.05. The Labute approximate surface area is 118 Å². The Hall–Kier alpha value is -1.56. The smallest absolute Gasteiger partial charge is 0.216 e. The number of aromatic nitrogens is 4. The molecule has 0 fully saturated rings. The number of halogens is 2. The van der Waals surface area contributed by atoms with Crippen LogP contribution in [-0.4, -0.2) is 19.6 Å². The third-order valence-electron chi connectivity index (χ3n) is 2.93. The van der Waals surface area contributed by atoms with Crippen molar-refractivity contribution in [3.8, 4) is 0 Å². The molecule has 2 aromatic rings. The monoisotopic (exact) mass is 287 g/mol. The van der Waals surface area contributed by atoms with E-state index in [1.165, 1.54) is 4.68 Å². The SMILES string of the molecule is CCn1nc(C)c(CNc2cc(C)nn2C)c1F.Cl. The van der Waals surface area contributed by atoms with Gasteiger partial charge in [-0.15, -0.1) is 12.4 Å². The molecule has 0 saturated carbocycles. The van der Waals surface area contributed by atoms with Gasteiger partial charge in [-0.3, -0.25) is 4.68 Å². The molecule has 0 aliphatic rings. The number of aryl methyl sites for hydroxylation is 4. The van der Waals surface area contributed by atoms with Crippen molar-refractivity contribution in [2.75, 3.05) is 5.32 Å². The summed E-state index contributed by atoms with van der Waals surface area (Å²) in [5.74, 6) is 0.608. The summed E-state index contributed by atoms with van der Waals surface area (Å²) in [5.41, 5.74) is 2.26. The fourth-order valence-electron chi connectivity index (χ4n) is 1.96. The van der Waals surface area contributed by atoms with Crippen LogP contribution in [0.5, 0.6) is 0 Å². The Kier molecular flexibility index (Phi) is 4.94. The van der Waals surface area contributed by atoms with E-state index >= 15 is 0 Å². The number of nitrogens with zero attached hydrogens (tertiary/aromatic N) is 4. The van der Waals surface area contributed by atoms with Crippen LogP contribution in [0.2, 0.25) is 0 Å². The second-order valence-corrected chi connectivity index (χ2v) is 4.32. The molecular weight excluding hydrogens is 269 g/mol. The molecule has 7 heteroatoms. The maximum atomic E-state index is 13.9. The average Bonchev–Trinajstić information content (AvgIpc) is 2.77. The molecule has 2 heterocycles. The van der Waals surface area contributed by atoms with Crippen molar-refractivity contribution in [2.45, 2.75) is 33.9 Å². The summed E-state index contributed by atoms with van der Waals surface area (Å²) in [4.78, 5) is 0. The first-order chi connectivity index (χ1) is 8.52. The lowest BCUT2D eigenvalue weighted by Crippen LogP contribution is -2.07. The van der Waals surface area contributed by atoms with Crippen LogP contribution in [0, 0.1) is 19.8 Å².